The van der Waals surface area contributed by atoms with Crippen LogP contribution in [-0.2, 0) is 7.05 Å². The summed E-state index contributed by atoms with van der Waals surface area (Å²) in [4.78, 5) is 31.5. The van der Waals surface area contributed by atoms with Gasteiger partial charge in [-0.15, -0.1) is 0 Å². The quantitative estimate of drug-likeness (QED) is 0.676. The number of carbonyl (C=O) groups is 1. The molecule has 2 heterocycles. The summed E-state index contributed by atoms with van der Waals surface area (Å²) < 4.78 is 11.8. The van der Waals surface area contributed by atoms with Crippen LogP contribution in [0.15, 0.2) is 33.5 Å². The number of ether oxygens (including phenoxy) is 1. The van der Waals surface area contributed by atoms with E-state index in [-0.39, 0.29) is 23.2 Å². The van der Waals surface area contributed by atoms with E-state index in [1.165, 1.54) is 14.2 Å². The third-order valence-electron chi connectivity index (χ3n) is 3.09. The molecule has 0 aliphatic heterocycles. The van der Waals surface area contributed by atoms with E-state index in [0.717, 1.165) is 4.57 Å². The number of rotatable bonds is 3. The number of benzene rings is 1. The number of carbonyl (C=O) groups excluding carboxylic acids is 1. The lowest BCUT2D eigenvalue weighted by atomic mass is 10.3. The van der Waals surface area contributed by atoms with Crippen molar-refractivity contribution in [1.82, 2.24) is 14.5 Å². The van der Waals surface area contributed by atoms with Crippen LogP contribution in [0.4, 0.5) is 0 Å². The van der Waals surface area contributed by atoms with E-state index in [1.807, 2.05) is 12.1 Å². The number of methoxy groups -OCH3 is 1. The standard InChI is InChI=1S/C14H11N3O4/c1-17-10(7-18)16-11(12(20-2)14(17)19)13-15-8-5-3-4-6-9(8)21-13/h3-7H,1-2H3. The van der Waals surface area contributed by atoms with Gasteiger partial charge in [0.25, 0.3) is 5.56 Å². The molecule has 0 atom stereocenters. The maximum Gasteiger partial charge on any atom is 0.296 e. The van der Waals surface area contributed by atoms with E-state index in [0.29, 0.717) is 17.4 Å². The van der Waals surface area contributed by atoms with Crippen molar-refractivity contribution in [3.63, 3.8) is 0 Å². The molecule has 0 radical (unpaired) electrons. The third-order valence-corrected chi connectivity index (χ3v) is 3.09. The van der Waals surface area contributed by atoms with Crippen LogP contribution in [0, 0.1) is 0 Å². The Bertz CT molecular complexity index is 862. The van der Waals surface area contributed by atoms with Gasteiger partial charge in [0, 0.05) is 7.05 Å². The van der Waals surface area contributed by atoms with Crippen LogP contribution in [-0.4, -0.2) is 27.9 Å². The highest BCUT2D eigenvalue weighted by molar-refractivity contribution is 5.77. The van der Waals surface area contributed by atoms with Crippen molar-refractivity contribution in [3.8, 4) is 17.3 Å². The maximum absolute atomic E-state index is 12.2. The molecule has 3 aromatic rings. The van der Waals surface area contributed by atoms with Gasteiger partial charge in [0.05, 0.1) is 7.11 Å². The molecule has 0 N–H and O–H groups in total. The molecule has 1 aromatic carbocycles. The van der Waals surface area contributed by atoms with Gasteiger partial charge in [-0.2, -0.15) is 0 Å². The van der Waals surface area contributed by atoms with Gasteiger partial charge in [-0.1, -0.05) is 12.1 Å². The Hall–Kier alpha value is -2.96. The Kier molecular flexibility index (Phi) is 3.02. The van der Waals surface area contributed by atoms with Gasteiger partial charge in [0.1, 0.15) is 5.52 Å². The van der Waals surface area contributed by atoms with Crippen LogP contribution in [0.2, 0.25) is 0 Å². The van der Waals surface area contributed by atoms with Gasteiger partial charge in [0.2, 0.25) is 11.6 Å². The molecule has 3 rings (SSSR count). The third kappa shape index (κ3) is 1.99. The zero-order chi connectivity index (χ0) is 15.0. The topological polar surface area (TPSA) is 87.2 Å². The van der Waals surface area contributed by atoms with Crippen molar-refractivity contribution in [2.24, 2.45) is 7.05 Å². The molecule has 0 bridgehead atoms. The van der Waals surface area contributed by atoms with Gasteiger partial charge >= 0.3 is 0 Å². The van der Waals surface area contributed by atoms with Crippen LogP contribution in [0.25, 0.3) is 22.7 Å². The molecule has 0 saturated heterocycles. The molecule has 2 aromatic heterocycles. The van der Waals surface area contributed by atoms with Crippen LogP contribution >= 0.6 is 0 Å². The zero-order valence-corrected chi connectivity index (χ0v) is 11.4. The van der Waals surface area contributed by atoms with E-state index in [9.17, 15) is 9.59 Å². The molecule has 0 fully saturated rings. The van der Waals surface area contributed by atoms with Gasteiger partial charge in [0.15, 0.2) is 23.4 Å². The molecule has 0 aliphatic carbocycles. The number of hydrogen-bond acceptors (Lipinski definition) is 6. The van der Waals surface area contributed by atoms with Crippen molar-refractivity contribution < 1.29 is 13.9 Å². The zero-order valence-electron chi connectivity index (χ0n) is 11.4. The average Bonchev–Trinajstić information content (AvgIpc) is 2.93. The predicted octanol–water partition coefficient (Wildman–Crippen LogP) is 1.41. The maximum atomic E-state index is 12.2. The van der Waals surface area contributed by atoms with Crippen molar-refractivity contribution >= 4 is 17.4 Å². The summed E-state index contributed by atoms with van der Waals surface area (Å²) in [5, 5.41) is 0. The summed E-state index contributed by atoms with van der Waals surface area (Å²) >= 11 is 0. The Labute approximate surface area is 118 Å². The lowest BCUT2D eigenvalue weighted by molar-refractivity contribution is 0.111. The van der Waals surface area contributed by atoms with Crippen LogP contribution in [0.3, 0.4) is 0 Å². The molecule has 7 nitrogen and oxygen atoms in total. The smallest absolute Gasteiger partial charge is 0.296 e. The van der Waals surface area contributed by atoms with Crippen molar-refractivity contribution in [3.05, 3.63) is 40.4 Å². The number of aldehydes is 1. The second-order valence-electron chi connectivity index (χ2n) is 4.32. The molecule has 106 valence electrons. The Morgan fingerprint density at radius 1 is 1.29 bits per heavy atom. The predicted molar refractivity (Wildman–Crippen MR) is 74.4 cm³/mol. The first kappa shape index (κ1) is 13.0. The largest absolute Gasteiger partial charge is 0.489 e. The van der Waals surface area contributed by atoms with E-state index < -0.39 is 5.56 Å². The number of fused-ring (bicyclic) bond motifs is 1. The molecule has 7 heteroatoms. The Morgan fingerprint density at radius 3 is 2.71 bits per heavy atom. The van der Waals surface area contributed by atoms with E-state index in [4.69, 9.17) is 9.15 Å². The molecule has 21 heavy (non-hydrogen) atoms. The molecule has 0 unspecified atom stereocenters. The minimum atomic E-state index is -0.480. The minimum Gasteiger partial charge on any atom is -0.489 e. The number of aromatic nitrogens is 3. The summed E-state index contributed by atoms with van der Waals surface area (Å²) in [5.74, 6) is 0.0848. The molecular formula is C14H11N3O4. The fourth-order valence-electron chi connectivity index (χ4n) is 2.01. The first-order chi connectivity index (χ1) is 10.2. The molecular weight excluding hydrogens is 274 g/mol. The highest BCUT2D eigenvalue weighted by Gasteiger charge is 2.21. The highest BCUT2D eigenvalue weighted by atomic mass is 16.5. The molecule has 0 spiro atoms. The summed E-state index contributed by atoms with van der Waals surface area (Å²) in [5.41, 5.74) is 0.820. The van der Waals surface area contributed by atoms with E-state index in [2.05, 4.69) is 9.97 Å². The second-order valence-corrected chi connectivity index (χ2v) is 4.32. The number of hydrogen-bond donors (Lipinski definition) is 0. The Morgan fingerprint density at radius 2 is 2.05 bits per heavy atom. The summed E-state index contributed by atoms with van der Waals surface area (Å²) in [6, 6.07) is 7.15. The summed E-state index contributed by atoms with van der Waals surface area (Å²) in [6.07, 6.45) is 0.493. The van der Waals surface area contributed by atoms with Gasteiger partial charge in [-0.3, -0.25) is 14.2 Å². The average molecular weight is 285 g/mol. The SMILES string of the molecule is COc1c(-c2nc3ccccc3o2)nc(C=O)n(C)c1=O. The van der Waals surface area contributed by atoms with E-state index >= 15 is 0 Å². The highest BCUT2D eigenvalue weighted by Crippen LogP contribution is 2.27. The van der Waals surface area contributed by atoms with Gasteiger partial charge in [-0.05, 0) is 12.1 Å². The summed E-state index contributed by atoms with van der Waals surface area (Å²) in [6.45, 7) is 0. The van der Waals surface area contributed by atoms with Crippen LogP contribution < -0.4 is 10.3 Å². The van der Waals surface area contributed by atoms with Crippen molar-refractivity contribution in [2.75, 3.05) is 7.11 Å². The lowest BCUT2D eigenvalue weighted by Crippen LogP contribution is -2.24. The van der Waals surface area contributed by atoms with Gasteiger partial charge in [-0.25, -0.2) is 9.97 Å². The number of oxazole rings is 1. The van der Waals surface area contributed by atoms with Crippen LogP contribution in [0.1, 0.15) is 10.6 Å². The molecule has 0 amide bonds. The Balaban J connectivity index is 2.32. The first-order valence-electron chi connectivity index (χ1n) is 6.12. The second kappa shape index (κ2) is 4.86. The fourth-order valence-corrected chi connectivity index (χ4v) is 2.01. The molecule has 0 aliphatic rings. The number of para-hydroxylation sites is 2. The van der Waals surface area contributed by atoms with E-state index in [1.54, 1.807) is 12.1 Å². The normalized spacial score (nSPS) is 10.8. The molecule has 0 saturated carbocycles. The minimum absolute atomic E-state index is 0.0188. The fraction of sp³-hybridized carbons (Fsp3) is 0.143. The van der Waals surface area contributed by atoms with Crippen LogP contribution in [0.5, 0.6) is 5.75 Å². The van der Waals surface area contributed by atoms with Gasteiger partial charge < -0.3 is 9.15 Å². The first-order valence-corrected chi connectivity index (χ1v) is 6.12. The summed E-state index contributed by atoms with van der Waals surface area (Å²) in [7, 11) is 2.79. The monoisotopic (exact) mass is 285 g/mol. The number of nitrogens with zero attached hydrogens (tertiary/aromatic N) is 3. The lowest BCUT2D eigenvalue weighted by Gasteiger charge is -2.07. The van der Waals surface area contributed by atoms with Crippen molar-refractivity contribution in [1.29, 1.82) is 0 Å². The van der Waals surface area contributed by atoms with Crippen molar-refractivity contribution in [2.45, 2.75) is 0 Å².